The molecule has 180 valence electrons. The van der Waals surface area contributed by atoms with Gasteiger partial charge in [0.1, 0.15) is 11.6 Å². The molecule has 9 atom stereocenters. The van der Waals surface area contributed by atoms with Gasteiger partial charge in [-0.3, -0.25) is 9.59 Å². The summed E-state index contributed by atoms with van der Waals surface area (Å²) in [5, 5.41) is 0. The van der Waals surface area contributed by atoms with E-state index in [9.17, 15) is 9.59 Å². The molecule has 5 saturated carbocycles. The van der Waals surface area contributed by atoms with Crippen molar-refractivity contribution in [2.75, 3.05) is 0 Å². The van der Waals surface area contributed by atoms with Crippen molar-refractivity contribution in [1.82, 2.24) is 0 Å². The fourth-order valence-corrected chi connectivity index (χ4v) is 11.1. The second-order valence-corrected chi connectivity index (χ2v) is 15.2. The van der Waals surface area contributed by atoms with E-state index in [2.05, 4.69) is 55.4 Å². The molecule has 0 spiro atoms. The second-order valence-electron chi connectivity index (χ2n) is 15.2. The quantitative estimate of drug-likeness (QED) is 0.388. The fourth-order valence-electron chi connectivity index (χ4n) is 11.1. The van der Waals surface area contributed by atoms with Crippen LogP contribution in [0.1, 0.15) is 120 Å². The third-order valence-electron chi connectivity index (χ3n) is 13.5. The highest BCUT2D eigenvalue weighted by Gasteiger charge is 2.71. The lowest BCUT2D eigenvalue weighted by molar-refractivity contribution is -0.251. The first-order valence-corrected chi connectivity index (χ1v) is 13.7. The molecule has 0 amide bonds. The molecule has 5 rings (SSSR count). The molecule has 5 fully saturated rings. The number of carbonyl (C=O) groups excluding carboxylic acids is 2. The van der Waals surface area contributed by atoms with E-state index in [1.807, 2.05) is 0 Å². The smallest absolute Gasteiger partial charge is 0.139 e. The lowest BCUT2D eigenvalue weighted by atomic mass is 9.30. The highest BCUT2D eigenvalue weighted by molar-refractivity contribution is 5.86. The third-order valence-corrected chi connectivity index (χ3v) is 13.5. The lowest BCUT2D eigenvalue weighted by Crippen LogP contribution is -2.68. The summed E-state index contributed by atoms with van der Waals surface area (Å²) >= 11 is 0. The Balaban J connectivity index is 1.56. The van der Waals surface area contributed by atoms with Crippen molar-refractivity contribution in [2.45, 2.75) is 120 Å². The SMILES string of the molecule is C[C@H]1C(=O)CC[C@@H]2[C@]1(C)CC[C@H]1[C@@]2(C)CC[C@@]2(C)[C@@H]3CC(C)(C)CC(=O)[C@]3(C)CC[C@]12C. The molecule has 32 heavy (non-hydrogen) atoms. The van der Waals surface area contributed by atoms with Crippen LogP contribution in [0.2, 0.25) is 0 Å². The van der Waals surface area contributed by atoms with Gasteiger partial charge in [-0.05, 0) is 96.2 Å². The molecule has 5 aliphatic carbocycles. The van der Waals surface area contributed by atoms with Gasteiger partial charge in [0.2, 0.25) is 0 Å². The molecular weight excluding hydrogens is 392 g/mol. The highest BCUT2D eigenvalue weighted by atomic mass is 16.1. The van der Waals surface area contributed by atoms with Crippen molar-refractivity contribution in [3.63, 3.8) is 0 Å². The molecule has 0 aromatic heterocycles. The Morgan fingerprint density at radius 2 is 1.31 bits per heavy atom. The Morgan fingerprint density at radius 3 is 2.00 bits per heavy atom. The second kappa shape index (κ2) is 6.51. The molecule has 0 unspecified atom stereocenters. The number of ketones is 2. The summed E-state index contributed by atoms with van der Waals surface area (Å²) in [4.78, 5) is 26.2. The molecule has 0 radical (unpaired) electrons. The number of rotatable bonds is 0. The minimum atomic E-state index is -0.119. The Hall–Kier alpha value is -0.660. The number of fused-ring (bicyclic) bond motifs is 7. The maximum Gasteiger partial charge on any atom is 0.139 e. The molecule has 0 heterocycles. The minimum Gasteiger partial charge on any atom is -0.299 e. The average molecular weight is 441 g/mol. The zero-order valence-electron chi connectivity index (χ0n) is 22.2. The maximum atomic E-state index is 13.5. The molecule has 0 aliphatic heterocycles. The van der Waals surface area contributed by atoms with E-state index in [4.69, 9.17) is 0 Å². The van der Waals surface area contributed by atoms with Crippen LogP contribution >= 0.6 is 0 Å². The fraction of sp³-hybridized carbons (Fsp3) is 0.933. The summed E-state index contributed by atoms with van der Waals surface area (Å²) in [7, 11) is 0. The van der Waals surface area contributed by atoms with Crippen molar-refractivity contribution in [2.24, 2.45) is 56.2 Å². The van der Waals surface area contributed by atoms with Crippen LogP contribution in [0.5, 0.6) is 0 Å². The van der Waals surface area contributed by atoms with Gasteiger partial charge >= 0.3 is 0 Å². The van der Waals surface area contributed by atoms with E-state index in [0.717, 1.165) is 31.6 Å². The van der Waals surface area contributed by atoms with E-state index in [0.29, 0.717) is 34.2 Å². The number of Topliss-reactive ketones (excluding diaryl/α,β-unsaturated/α-hetero) is 2. The molecule has 0 N–H and O–H groups in total. The standard InChI is InChI=1S/C30H48O2/c1-19-20(31)9-10-21-26(19,4)12-11-22-27(21,5)13-15-30(8)23-17-25(2,3)18-24(32)28(23,6)14-16-29(22,30)7/h19,21-23H,9-18H2,1-8H3/t19-,21+,22-,23+,26+,27-,28+,29+,30-/m0/s1. The summed E-state index contributed by atoms with van der Waals surface area (Å²) in [5.74, 6) is 3.17. The third kappa shape index (κ3) is 2.59. The van der Waals surface area contributed by atoms with Gasteiger partial charge in [0.25, 0.3) is 0 Å². The van der Waals surface area contributed by atoms with Crippen LogP contribution in [-0.2, 0) is 9.59 Å². The van der Waals surface area contributed by atoms with E-state index in [-0.39, 0.29) is 27.6 Å². The van der Waals surface area contributed by atoms with Crippen LogP contribution in [0.25, 0.3) is 0 Å². The van der Waals surface area contributed by atoms with E-state index in [1.54, 1.807) is 0 Å². The number of hydrogen-bond donors (Lipinski definition) is 0. The van der Waals surface area contributed by atoms with Crippen LogP contribution < -0.4 is 0 Å². The topological polar surface area (TPSA) is 34.1 Å². The van der Waals surface area contributed by atoms with Crippen molar-refractivity contribution >= 4 is 11.6 Å². The molecule has 0 aromatic carbocycles. The Bertz CT molecular complexity index is 857. The molecule has 0 aromatic rings. The zero-order chi connectivity index (χ0) is 23.5. The van der Waals surface area contributed by atoms with Crippen LogP contribution in [0, 0.1) is 56.2 Å². The Kier molecular flexibility index (Phi) is 4.70. The van der Waals surface area contributed by atoms with Gasteiger partial charge < -0.3 is 0 Å². The van der Waals surface area contributed by atoms with Gasteiger partial charge in [-0.25, -0.2) is 0 Å². The number of carbonyl (C=O) groups is 2. The van der Waals surface area contributed by atoms with Crippen LogP contribution in [0.4, 0.5) is 0 Å². The minimum absolute atomic E-state index is 0.119. The Labute approximate surface area is 197 Å². The largest absolute Gasteiger partial charge is 0.299 e. The monoisotopic (exact) mass is 440 g/mol. The lowest BCUT2D eigenvalue weighted by Gasteiger charge is -2.74. The molecule has 0 bridgehead atoms. The van der Waals surface area contributed by atoms with E-state index >= 15 is 0 Å². The van der Waals surface area contributed by atoms with Gasteiger partial charge in [0.15, 0.2) is 0 Å². The summed E-state index contributed by atoms with van der Waals surface area (Å²) < 4.78 is 0. The molecule has 0 saturated heterocycles. The molecular formula is C30H48O2. The molecule has 5 aliphatic rings. The van der Waals surface area contributed by atoms with Crippen LogP contribution in [-0.4, -0.2) is 11.6 Å². The van der Waals surface area contributed by atoms with Crippen LogP contribution in [0.3, 0.4) is 0 Å². The van der Waals surface area contributed by atoms with Gasteiger partial charge in [0, 0.05) is 24.2 Å². The van der Waals surface area contributed by atoms with Gasteiger partial charge in [-0.2, -0.15) is 0 Å². The summed E-state index contributed by atoms with van der Waals surface area (Å²) in [5.41, 5.74) is 1.06. The van der Waals surface area contributed by atoms with Crippen LogP contribution in [0.15, 0.2) is 0 Å². The van der Waals surface area contributed by atoms with Crippen molar-refractivity contribution in [3.05, 3.63) is 0 Å². The van der Waals surface area contributed by atoms with E-state index in [1.165, 1.54) is 38.5 Å². The van der Waals surface area contributed by atoms with Crippen molar-refractivity contribution in [3.8, 4) is 0 Å². The molecule has 2 nitrogen and oxygen atoms in total. The maximum absolute atomic E-state index is 13.5. The summed E-state index contributed by atoms with van der Waals surface area (Å²) in [6.45, 7) is 19.5. The van der Waals surface area contributed by atoms with E-state index < -0.39 is 0 Å². The Morgan fingerprint density at radius 1 is 0.688 bits per heavy atom. The first-order chi connectivity index (χ1) is 14.6. The van der Waals surface area contributed by atoms with Crippen molar-refractivity contribution < 1.29 is 9.59 Å². The molecule has 2 heteroatoms. The summed E-state index contributed by atoms with van der Waals surface area (Å²) in [6.07, 6.45) is 11.2. The number of hydrogen-bond acceptors (Lipinski definition) is 2. The van der Waals surface area contributed by atoms with Gasteiger partial charge in [0.05, 0.1) is 0 Å². The average Bonchev–Trinajstić information content (AvgIpc) is 2.69. The first-order valence-electron chi connectivity index (χ1n) is 13.7. The predicted molar refractivity (Wildman–Crippen MR) is 130 cm³/mol. The normalized spacial score (nSPS) is 57.1. The van der Waals surface area contributed by atoms with Gasteiger partial charge in [-0.15, -0.1) is 0 Å². The summed E-state index contributed by atoms with van der Waals surface area (Å²) in [6, 6.07) is 0. The highest BCUT2D eigenvalue weighted by Crippen LogP contribution is 2.78. The predicted octanol–water partition coefficient (Wildman–Crippen LogP) is 7.64. The van der Waals surface area contributed by atoms with Crippen molar-refractivity contribution in [1.29, 1.82) is 0 Å². The van der Waals surface area contributed by atoms with Gasteiger partial charge in [-0.1, -0.05) is 55.4 Å². The first kappa shape index (κ1) is 23.1. The zero-order valence-corrected chi connectivity index (χ0v) is 22.2.